The summed E-state index contributed by atoms with van der Waals surface area (Å²) in [6.07, 6.45) is 2.89. The minimum atomic E-state index is -0.402. The summed E-state index contributed by atoms with van der Waals surface area (Å²) in [5, 5.41) is 9.42. The second-order valence-electron chi connectivity index (χ2n) is 5.15. The van der Waals surface area contributed by atoms with Crippen molar-refractivity contribution in [1.82, 2.24) is 15.1 Å². The molecule has 0 aliphatic carbocycles. The molecule has 0 atom stereocenters. The van der Waals surface area contributed by atoms with Crippen LogP contribution in [0.5, 0.6) is 0 Å². The fraction of sp³-hybridized carbons (Fsp3) is 0.125. The number of amides is 1. The van der Waals surface area contributed by atoms with E-state index < -0.39 is 5.91 Å². The van der Waals surface area contributed by atoms with Crippen molar-refractivity contribution in [2.45, 2.75) is 13.8 Å². The van der Waals surface area contributed by atoms with E-state index in [1.54, 1.807) is 13.0 Å². The first-order valence-corrected chi connectivity index (χ1v) is 7.90. The highest BCUT2D eigenvalue weighted by molar-refractivity contribution is 9.10. The van der Waals surface area contributed by atoms with E-state index in [0.717, 1.165) is 15.7 Å². The first-order valence-electron chi connectivity index (χ1n) is 7.11. The Morgan fingerprint density at radius 3 is 2.58 bits per heavy atom. The summed E-state index contributed by atoms with van der Waals surface area (Å²) in [7, 11) is 0. The molecule has 0 saturated carbocycles. The van der Waals surface area contributed by atoms with Crippen molar-refractivity contribution in [3.05, 3.63) is 58.1 Å². The van der Waals surface area contributed by atoms with E-state index in [4.69, 9.17) is 4.52 Å². The Morgan fingerprint density at radius 2 is 1.96 bits per heavy atom. The molecular weight excluding hydrogens is 374 g/mol. The Kier molecular flexibility index (Phi) is 4.57. The lowest BCUT2D eigenvalue weighted by Gasteiger charge is -2.07. The number of aryl methyl sites for hydroxylation is 2. The highest BCUT2D eigenvalue weighted by atomic mass is 79.9. The molecule has 1 aromatic carbocycles. The van der Waals surface area contributed by atoms with Gasteiger partial charge in [0.1, 0.15) is 17.3 Å². The van der Waals surface area contributed by atoms with Gasteiger partial charge in [-0.25, -0.2) is 9.97 Å². The summed E-state index contributed by atoms with van der Waals surface area (Å²) in [5.41, 5.74) is 2.20. The zero-order valence-electron chi connectivity index (χ0n) is 13.0. The summed E-state index contributed by atoms with van der Waals surface area (Å²) in [6.45, 7) is 3.75. The average molecular weight is 388 g/mol. The number of carbonyl (C=O) groups excluding carboxylic acids is 1. The van der Waals surface area contributed by atoms with Crippen molar-refractivity contribution in [2.24, 2.45) is 0 Å². The molecule has 122 valence electrons. The summed E-state index contributed by atoms with van der Waals surface area (Å²) in [4.78, 5) is 20.4. The molecule has 3 rings (SSSR count). The van der Waals surface area contributed by atoms with Gasteiger partial charge in [0.05, 0.1) is 12.4 Å². The highest BCUT2D eigenvalue weighted by Crippen LogP contribution is 2.22. The number of anilines is 3. The average Bonchev–Trinajstić information content (AvgIpc) is 2.96. The fourth-order valence-corrected chi connectivity index (χ4v) is 2.31. The molecule has 3 aromatic rings. The van der Waals surface area contributed by atoms with Crippen molar-refractivity contribution in [1.29, 1.82) is 0 Å². The third kappa shape index (κ3) is 3.77. The van der Waals surface area contributed by atoms with Gasteiger partial charge in [0.25, 0.3) is 5.91 Å². The maximum Gasteiger partial charge on any atom is 0.277 e. The minimum Gasteiger partial charge on any atom is -0.360 e. The molecule has 0 radical (unpaired) electrons. The van der Waals surface area contributed by atoms with Gasteiger partial charge in [-0.3, -0.25) is 4.79 Å². The SMILES string of the molecule is Cc1cc(NC(=O)c2cnc(Nc3ccc(C)c(Br)c3)cn2)no1. The number of hydrogen-bond acceptors (Lipinski definition) is 6. The van der Waals surface area contributed by atoms with E-state index >= 15 is 0 Å². The molecule has 7 nitrogen and oxygen atoms in total. The molecule has 2 aromatic heterocycles. The molecule has 0 fully saturated rings. The zero-order chi connectivity index (χ0) is 17.1. The van der Waals surface area contributed by atoms with Gasteiger partial charge >= 0.3 is 0 Å². The van der Waals surface area contributed by atoms with Crippen molar-refractivity contribution in [3.63, 3.8) is 0 Å². The molecule has 0 spiro atoms. The minimum absolute atomic E-state index is 0.186. The number of nitrogens with one attached hydrogen (secondary N) is 2. The summed E-state index contributed by atoms with van der Waals surface area (Å²) in [5.74, 6) is 1.09. The predicted molar refractivity (Wildman–Crippen MR) is 93.4 cm³/mol. The standard InChI is InChI=1S/C16H14BrN5O2/c1-9-3-4-11(6-12(9)17)20-15-8-18-13(7-19-15)16(23)21-14-5-10(2)24-22-14/h3-8H,1-2H3,(H,19,20)(H,21,22,23). The van der Waals surface area contributed by atoms with E-state index in [1.807, 2.05) is 25.1 Å². The molecule has 0 aliphatic heterocycles. The number of carbonyl (C=O) groups is 1. The molecular formula is C16H14BrN5O2. The number of aromatic nitrogens is 3. The third-order valence-electron chi connectivity index (χ3n) is 3.20. The predicted octanol–water partition coefficient (Wildman–Crippen LogP) is 3.84. The van der Waals surface area contributed by atoms with E-state index in [9.17, 15) is 4.79 Å². The van der Waals surface area contributed by atoms with Crippen LogP contribution in [0.2, 0.25) is 0 Å². The number of rotatable bonds is 4. The fourth-order valence-electron chi connectivity index (χ4n) is 1.93. The maximum atomic E-state index is 12.1. The van der Waals surface area contributed by atoms with Gasteiger partial charge in [-0.05, 0) is 31.5 Å². The Labute approximate surface area is 146 Å². The quantitative estimate of drug-likeness (QED) is 0.706. The Balaban J connectivity index is 1.68. The van der Waals surface area contributed by atoms with Crippen LogP contribution < -0.4 is 10.6 Å². The van der Waals surface area contributed by atoms with Crippen LogP contribution in [-0.4, -0.2) is 21.0 Å². The van der Waals surface area contributed by atoms with Crippen LogP contribution in [0.4, 0.5) is 17.3 Å². The van der Waals surface area contributed by atoms with Gasteiger partial charge in [0, 0.05) is 16.2 Å². The van der Waals surface area contributed by atoms with Gasteiger partial charge in [-0.2, -0.15) is 0 Å². The molecule has 0 aliphatic rings. The molecule has 24 heavy (non-hydrogen) atoms. The van der Waals surface area contributed by atoms with Crippen LogP contribution in [0.3, 0.4) is 0 Å². The molecule has 1 amide bonds. The van der Waals surface area contributed by atoms with Crippen LogP contribution in [0, 0.1) is 13.8 Å². The Bertz CT molecular complexity index is 876. The number of halogens is 1. The van der Waals surface area contributed by atoms with Gasteiger partial charge < -0.3 is 15.2 Å². The van der Waals surface area contributed by atoms with Gasteiger partial charge in [-0.15, -0.1) is 0 Å². The lowest BCUT2D eigenvalue weighted by atomic mass is 10.2. The lowest BCUT2D eigenvalue weighted by molar-refractivity contribution is 0.102. The van der Waals surface area contributed by atoms with Crippen molar-refractivity contribution in [3.8, 4) is 0 Å². The summed E-state index contributed by atoms with van der Waals surface area (Å²) >= 11 is 3.48. The highest BCUT2D eigenvalue weighted by Gasteiger charge is 2.11. The first kappa shape index (κ1) is 16.1. The first-order chi connectivity index (χ1) is 11.5. The van der Waals surface area contributed by atoms with Gasteiger partial charge in [0.15, 0.2) is 5.82 Å². The molecule has 0 bridgehead atoms. The smallest absolute Gasteiger partial charge is 0.277 e. The van der Waals surface area contributed by atoms with Crippen molar-refractivity contribution >= 4 is 39.2 Å². The van der Waals surface area contributed by atoms with Crippen molar-refractivity contribution in [2.75, 3.05) is 10.6 Å². The van der Waals surface area contributed by atoms with Gasteiger partial charge in [0.2, 0.25) is 0 Å². The van der Waals surface area contributed by atoms with Crippen LogP contribution >= 0.6 is 15.9 Å². The number of hydrogen-bond donors (Lipinski definition) is 2. The molecule has 2 heterocycles. The molecule has 0 saturated heterocycles. The monoisotopic (exact) mass is 387 g/mol. The van der Waals surface area contributed by atoms with Crippen LogP contribution in [0.25, 0.3) is 0 Å². The van der Waals surface area contributed by atoms with Gasteiger partial charge in [-0.1, -0.05) is 27.2 Å². The lowest BCUT2D eigenvalue weighted by Crippen LogP contribution is -2.14. The van der Waals surface area contributed by atoms with E-state index in [2.05, 4.69) is 41.7 Å². The topological polar surface area (TPSA) is 92.9 Å². The van der Waals surface area contributed by atoms with E-state index in [-0.39, 0.29) is 5.69 Å². The number of nitrogens with zero attached hydrogens (tertiary/aromatic N) is 3. The second kappa shape index (κ2) is 6.79. The zero-order valence-corrected chi connectivity index (χ0v) is 14.6. The Morgan fingerprint density at radius 1 is 1.12 bits per heavy atom. The normalized spacial score (nSPS) is 10.5. The van der Waals surface area contributed by atoms with E-state index in [0.29, 0.717) is 17.4 Å². The second-order valence-corrected chi connectivity index (χ2v) is 6.01. The molecule has 2 N–H and O–H groups in total. The number of benzene rings is 1. The molecule has 0 unspecified atom stereocenters. The largest absolute Gasteiger partial charge is 0.360 e. The van der Waals surface area contributed by atoms with Crippen LogP contribution in [0.15, 0.2) is 45.7 Å². The van der Waals surface area contributed by atoms with Crippen LogP contribution in [0.1, 0.15) is 21.8 Å². The Hall–Kier alpha value is -2.74. The maximum absolute atomic E-state index is 12.1. The summed E-state index contributed by atoms with van der Waals surface area (Å²) < 4.78 is 5.89. The summed E-state index contributed by atoms with van der Waals surface area (Å²) in [6, 6.07) is 7.50. The third-order valence-corrected chi connectivity index (χ3v) is 4.05. The van der Waals surface area contributed by atoms with Crippen LogP contribution in [-0.2, 0) is 0 Å². The van der Waals surface area contributed by atoms with Crippen molar-refractivity contribution < 1.29 is 9.32 Å². The van der Waals surface area contributed by atoms with E-state index in [1.165, 1.54) is 12.4 Å². The molecule has 8 heteroatoms.